The Hall–Kier alpha value is -2.18. The van der Waals surface area contributed by atoms with Gasteiger partial charge in [0.15, 0.2) is 11.5 Å². The van der Waals surface area contributed by atoms with Gasteiger partial charge in [-0.1, -0.05) is 24.3 Å². The summed E-state index contributed by atoms with van der Waals surface area (Å²) in [6.07, 6.45) is -1.24. The van der Waals surface area contributed by atoms with Crippen LogP contribution < -0.4 is 18.9 Å². The van der Waals surface area contributed by atoms with Gasteiger partial charge in [-0.3, -0.25) is 0 Å². The van der Waals surface area contributed by atoms with Crippen molar-refractivity contribution in [2.75, 3.05) is 26.4 Å². The first-order valence-electron chi connectivity index (χ1n) is 8.95. The first-order valence-corrected chi connectivity index (χ1v) is 8.95. The monoisotopic (exact) mass is 364 g/mol. The third kappa shape index (κ3) is 4.71. The molecule has 0 radical (unpaired) electrons. The van der Waals surface area contributed by atoms with E-state index < -0.39 is 12.2 Å². The summed E-state index contributed by atoms with van der Waals surface area (Å²) < 4.78 is 23.4. The fourth-order valence-electron chi connectivity index (χ4n) is 2.58. The standard InChI is InChI=1S/C20H28O6/c1-5-23-19-17(25-11-13(3)21)15-9-7-8-10-16(15)18(20(19)24-6-2)26-12-14(4)22/h7-10,13-14,21-22H,5-6,11-12H2,1-4H3. The van der Waals surface area contributed by atoms with Crippen LogP contribution in [0.15, 0.2) is 24.3 Å². The van der Waals surface area contributed by atoms with Crippen LogP contribution in [0.2, 0.25) is 0 Å². The number of benzene rings is 2. The van der Waals surface area contributed by atoms with Gasteiger partial charge in [-0.05, 0) is 27.7 Å². The van der Waals surface area contributed by atoms with Crippen molar-refractivity contribution in [1.82, 2.24) is 0 Å². The van der Waals surface area contributed by atoms with Crippen molar-refractivity contribution in [1.29, 1.82) is 0 Å². The number of aliphatic hydroxyl groups is 2. The van der Waals surface area contributed by atoms with Gasteiger partial charge < -0.3 is 29.2 Å². The van der Waals surface area contributed by atoms with Crippen molar-refractivity contribution in [3.8, 4) is 23.0 Å². The molecule has 2 N–H and O–H groups in total. The highest BCUT2D eigenvalue weighted by Crippen LogP contribution is 2.51. The summed E-state index contributed by atoms with van der Waals surface area (Å²) in [5.74, 6) is 1.90. The van der Waals surface area contributed by atoms with E-state index in [2.05, 4.69) is 0 Å². The highest BCUT2D eigenvalue weighted by Gasteiger charge is 2.25. The summed E-state index contributed by atoms with van der Waals surface area (Å²) in [4.78, 5) is 0. The van der Waals surface area contributed by atoms with Gasteiger partial charge in [0.05, 0.1) is 25.4 Å². The van der Waals surface area contributed by atoms with E-state index >= 15 is 0 Å². The van der Waals surface area contributed by atoms with Crippen LogP contribution in [-0.2, 0) is 0 Å². The average Bonchev–Trinajstić information content (AvgIpc) is 2.60. The lowest BCUT2D eigenvalue weighted by atomic mass is 10.1. The number of fused-ring (bicyclic) bond motifs is 1. The smallest absolute Gasteiger partial charge is 0.208 e. The zero-order valence-electron chi connectivity index (χ0n) is 15.8. The third-order valence-electron chi connectivity index (χ3n) is 3.55. The van der Waals surface area contributed by atoms with Crippen LogP contribution in [0.4, 0.5) is 0 Å². The molecule has 0 saturated heterocycles. The summed E-state index contributed by atoms with van der Waals surface area (Å²) >= 11 is 0. The van der Waals surface area contributed by atoms with Crippen LogP contribution in [-0.4, -0.2) is 48.8 Å². The predicted molar refractivity (Wildman–Crippen MR) is 101 cm³/mol. The van der Waals surface area contributed by atoms with Gasteiger partial charge in [-0.2, -0.15) is 0 Å². The molecule has 0 bridgehead atoms. The van der Waals surface area contributed by atoms with Crippen LogP contribution in [0.25, 0.3) is 10.8 Å². The summed E-state index contributed by atoms with van der Waals surface area (Å²) in [5, 5.41) is 20.8. The zero-order chi connectivity index (χ0) is 19.1. The molecule has 0 saturated carbocycles. The molecule has 0 amide bonds. The van der Waals surface area contributed by atoms with Crippen LogP contribution in [0.3, 0.4) is 0 Å². The molecule has 0 aliphatic rings. The maximum Gasteiger partial charge on any atom is 0.208 e. The van der Waals surface area contributed by atoms with Gasteiger partial charge in [-0.15, -0.1) is 0 Å². The van der Waals surface area contributed by atoms with E-state index in [4.69, 9.17) is 18.9 Å². The Morgan fingerprint density at radius 2 is 1.08 bits per heavy atom. The molecular weight excluding hydrogens is 336 g/mol. The fraction of sp³-hybridized carbons (Fsp3) is 0.500. The third-order valence-corrected chi connectivity index (χ3v) is 3.55. The molecule has 0 aliphatic carbocycles. The minimum Gasteiger partial charge on any atom is -0.487 e. The molecule has 6 heteroatoms. The van der Waals surface area contributed by atoms with Crippen molar-refractivity contribution in [3.05, 3.63) is 24.3 Å². The average molecular weight is 364 g/mol. The SMILES string of the molecule is CCOc1c(OCC)c(OCC(C)O)c2ccccc2c1OCC(C)O. The normalized spacial score (nSPS) is 13.3. The van der Waals surface area contributed by atoms with Gasteiger partial charge >= 0.3 is 0 Å². The Morgan fingerprint density at radius 3 is 1.38 bits per heavy atom. The van der Waals surface area contributed by atoms with E-state index in [0.717, 1.165) is 10.8 Å². The lowest BCUT2D eigenvalue weighted by Gasteiger charge is -2.22. The largest absolute Gasteiger partial charge is 0.487 e. The number of ether oxygens (including phenoxy) is 4. The van der Waals surface area contributed by atoms with Gasteiger partial charge in [-0.25, -0.2) is 0 Å². The first-order chi connectivity index (χ1) is 12.5. The van der Waals surface area contributed by atoms with E-state index in [9.17, 15) is 10.2 Å². The predicted octanol–water partition coefficient (Wildman–Crippen LogP) is 3.16. The number of rotatable bonds is 10. The van der Waals surface area contributed by atoms with Crippen LogP contribution in [0.1, 0.15) is 27.7 Å². The lowest BCUT2D eigenvalue weighted by molar-refractivity contribution is 0.116. The summed E-state index contributed by atoms with van der Waals surface area (Å²) in [5.41, 5.74) is 0. The second kappa shape index (κ2) is 9.50. The van der Waals surface area contributed by atoms with Crippen LogP contribution in [0, 0.1) is 0 Å². The maximum atomic E-state index is 9.63. The molecule has 0 spiro atoms. The van der Waals surface area contributed by atoms with E-state index in [1.54, 1.807) is 13.8 Å². The minimum absolute atomic E-state index is 0.128. The highest BCUT2D eigenvalue weighted by molar-refractivity contribution is 5.98. The Labute approximate surface area is 154 Å². The molecule has 26 heavy (non-hydrogen) atoms. The van der Waals surface area contributed by atoms with Crippen LogP contribution in [0.5, 0.6) is 23.0 Å². The van der Waals surface area contributed by atoms with Gasteiger partial charge in [0, 0.05) is 10.8 Å². The molecule has 2 rings (SSSR count). The van der Waals surface area contributed by atoms with Crippen molar-refractivity contribution < 1.29 is 29.2 Å². The number of hydrogen-bond donors (Lipinski definition) is 2. The van der Waals surface area contributed by atoms with E-state index in [1.807, 2.05) is 38.1 Å². The Balaban J connectivity index is 2.70. The number of aliphatic hydroxyl groups excluding tert-OH is 2. The van der Waals surface area contributed by atoms with Gasteiger partial charge in [0.1, 0.15) is 13.2 Å². The Bertz CT molecular complexity index is 651. The molecule has 6 nitrogen and oxygen atoms in total. The van der Waals surface area contributed by atoms with Crippen molar-refractivity contribution in [2.45, 2.75) is 39.9 Å². The summed E-state index contributed by atoms with van der Waals surface area (Å²) in [6, 6.07) is 7.60. The highest BCUT2D eigenvalue weighted by atomic mass is 16.6. The molecule has 2 aromatic rings. The second-order valence-corrected chi connectivity index (χ2v) is 6.05. The summed E-state index contributed by atoms with van der Waals surface area (Å²) in [6.45, 7) is 8.16. The topological polar surface area (TPSA) is 77.4 Å². The molecule has 0 fully saturated rings. The van der Waals surface area contributed by atoms with Crippen molar-refractivity contribution in [3.63, 3.8) is 0 Å². The summed E-state index contributed by atoms with van der Waals surface area (Å²) in [7, 11) is 0. The Kier molecular flexibility index (Phi) is 7.36. The fourth-order valence-corrected chi connectivity index (χ4v) is 2.58. The number of hydrogen-bond acceptors (Lipinski definition) is 6. The van der Waals surface area contributed by atoms with Crippen molar-refractivity contribution >= 4 is 10.8 Å². The molecular formula is C20H28O6. The lowest BCUT2D eigenvalue weighted by Crippen LogP contribution is -2.16. The molecule has 2 atom stereocenters. The van der Waals surface area contributed by atoms with E-state index in [0.29, 0.717) is 36.2 Å². The van der Waals surface area contributed by atoms with E-state index in [-0.39, 0.29) is 13.2 Å². The molecule has 2 aromatic carbocycles. The first kappa shape index (κ1) is 20.1. The molecule has 0 aromatic heterocycles. The second-order valence-electron chi connectivity index (χ2n) is 6.05. The zero-order valence-corrected chi connectivity index (χ0v) is 15.8. The van der Waals surface area contributed by atoms with Crippen LogP contribution >= 0.6 is 0 Å². The quantitative estimate of drug-likeness (QED) is 0.674. The van der Waals surface area contributed by atoms with Crippen molar-refractivity contribution in [2.24, 2.45) is 0 Å². The Morgan fingerprint density at radius 1 is 0.692 bits per heavy atom. The minimum atomic E-state index is -0.620. The molecule has 0 heterocycles. The van der Waals surface area contributed by atoms with Gasteiger partial charge in [0.2, 0.25) is 11.5 Å². The van der Waals surface area contributed by atoms with E-state index in [1.165, 1.54) is 0 Å². The molecule has 2 unspecified atom stereocenters. The molecule has 0 aliphatic heterocycles. The maximum absolute atomic E-state index is 9.63. The molecule has 144 valence electrons. The van der Waals surface area contributed by atoms with Gasteiger partial charge in [0.25, 0.3) is 0 Å².